The van der Waals surface area contributed by atoms with Crippen molar-refractivity contribution in [2.75, 3.05) is 0 Å². The van der Waals surface area contributed by atoms with Crippen LogP contribution in [0.1, 0.15) is 5.56 Å². The number of benzene rings is 1. The molecule has 1 aromatic carbocycles. The predicted octanol–water partition coefficient (Wildman–Crippen LogP) is 1.86. The van der Waals surface area contributed by atoms with Gasteiger partial charge in [0.25, 0.3) is 11.8 Å². The molecular formula is C12H7BrN2O3. The third-order valence-electron chi connectivity index (χ3n) is 2.83. The van der Waals surface area contributed by atoms with E-state index in [9.17, 15) is 14.7 Å². The summed E-state index contributed by atoms with van der Waals surface area (Å²) in [6.07, 6.45) is 1.60. The highest BCUT2D eigenvalue weighted by Crippen LogP contribution is 2.33. The van der Waals surface area contributed by atoms with Crippen LogP contribution in [0.2, 0.25) is 0 Å². The smallest absolute Gasteiger partial charge is 0.293 e. The van der Waals surface area contributed by atoms with Crippen LogP contribution in [0.3, 0.4) is 0 Å². The Morgan fingerprint density at radius 3 is 2.61 bits per heavy atom. The van der Waals surface area contributed by atoms with Crippen molar-refractivity contribution in [3.05, 3.63) is 40.2 Å². The summed E-state index contributed by atoms with van der Waals surface area (Å²) in [6, 6.07) is 5.52. The van der Waals surface area contributed by atoms with Gasteiger partial charge in [0.05, 0.1) is 5.57 Å². The van der Waals surface area contributed by atoms with Gasteiger partial charge in [-0.15, -0.1) is 0 Å². The molecule has 3 rings (SSSR count). The molecule has 0 spiro atoms. The number of aliphatic hydroxyl groups is 1. The number of amides is 2. The minimum atomic E-state index is -0.767. The molecule has 0 saturated carbocycles. The maximum atomic E-state index is 11.7. The van der Waals surface area contributed by atoms with Gasteiger partial charge < -0.3 is 10.1 Å². The summed E-state index contributed by atoms with van der Waals surface area (Å²) in [7, 11) is 0. The summed E-state index contributed by atoms with van der Waals surface area (Å²) in [5.41, 5.74) is 1.31. The third kappa shape index (κ3) is 1.39. The molecule has 2 aromatic rings. The Labute approximate surface area is 110 Å². The zero-order chi connectivity index (χ0) is 12.9. The summed E-state index contributed by atoms with van der Waals surface area (Å²) in [5.74, 6) is -1.90. The molecular weight excluding hydrogens is 300 g/mol. The van der Waals surface area contributed by atoms with Gasteiger partial charge in [-0.05, 0) is 12.1 Å². The van der Waals surface area contributed by atoms with Gasteiger partial charge in [-0.2, -0.15) is 0 Å². The highest BCUT2D eigenvalue weighted by Gasteiger charge is 2.32. The third-order valence-corrected chi connectivity index (χ3v) is 3.49. The molecule has 5 nitrogen and oxygen atoms in total. The zero-order valence-corrected chi connectivity index (χ0v) is 10.5. The quantitative estimate of drug-likeness (QED) is 0.703. The van der Waals surface area contributed by atoms with Gasteiger partial charge in [-0.1, -0.05) is 22.0 Å². The Bertz CT molecular complexity index is 730. The fraction of sp³-hybridized carbons (Fsp3) is 0. The molecule has 0 atom stereocenters. The average molecular weight is 307 g/mol. The minimum absolute atomic E-state index is 0.00171. The number of aromatic amines is 1. The number of imide groups is 1. The van der Waals surface area contributed by atoms with Gasteiger partial charge >= 0.3 is 0 Å². The van der Waals surface area contributed by atoms with Crippen molar-refractivity contribution in [1.82, 2.24) is 10.3 Å². The SMILES string of the molecule is O=C1NC(=O)C(c2c[nH]c3cccc(Br)c23)=C1O. The molecule has 1 aliphatic rings. The van der Waals surface area contributed by atoms with Gasteiger partial charge in [0.15, 0.2) is 5.76 Å². The largest absolute Gasteiger partial charge is 0.502 e. The Kier molecular flexibility index (Phi) is 2.27. The molecule has 1 aliphatic heterocycles. The lowest BCUT2D eigenvalue weighted by atomic mass is 10.0. The number of hydrogen-bond acceptors (Lipinski definition) is 3. The molecule has 0 aliphatic carbocycles. The minimum Gasteiger partial charge on any atom is -0.502 e. The van der Waals surface area contributed by atoms with E-state index in [0.29, 0.717) is 5.56 Å². The molecule has 0 radical (unpaired) electrons. The molecule has 3 N–H and O–H groups in total. The van der Waals surface area contributed by atoms with E-state index < -0.39 is 17.6 Å². The summed E-state index contributed by atoms with van der Waals surface area (Å²) in [6.45, 7) is 0. The Morgan fingerprint density at radius 2 is 1.94 bits per heavy atom. The summed E-state index contributed by atoms with van der Waals surface area (Å²) in [4.78, 5) is 25.9. The number of H-pyrrole nitrogens is 1. The topological polar surface area (TPSA) is 82.2 Å². The molecule has 0 fully saturated rings. The number of hydrogen-bond donors (Lipinski definition) is 3. The molecule has 18 heavy (non-hydrogen) atoms. The maximum Gasteiger partial charge on any atom is 0.293 e. The lowest BCUT2D eigenvalue weighted by Gasteiger charge is -2.00. The first-order chi connectivity index (χ1) is 8.59. The fourth-order valence-electron chi connectivity index (χ4n) is 2.03. The first-order valence-corrected chi connectivity index (χ1v) is 5.94. The van der Waals surface area contributed by atoms with E-state index in [4.69, 9.17) is 0 Å². The summed E-state index contributed by atoms with van der Waals surface area (Å²) in [5, 5.41) is 12.5. The van der Waals surface area contributed by atoms with Crippen LogP contribution in [0, 0.1) is 0 Å². The number of nitrogens with one attached hydrogen (secondary N) is 2. The lowest BCUT2D eigenvalue weighted by molar-refractivity contribution is -0.124. The van der Waals surface area contributed by atoms with Crippen molar-refractivity contribution in [3.63, 3.8) is 0 Å². The first kappa shape index (κ1) is 11.0. The van der Waals surface area contributed by atoms with Crippen molar-refractivity contribution in [1.29, 1.82) is 0 Å². The van der Waals surface area contributed by atoms with Crippen molar-refractivity contribution in [2.24, 2.45) is 0 Å². The van der Waals surface area contributed by atoms with E-state index in [-0.39, 0.29) is 5.57 Å². The van der Waals surface area contributed by atoms with Crippen molar-refractivity contribution in [3.8, 4) is 0 Å². The highest BCUT2D eigenvalue weighted by molar-refractivity contribution is 9.10. The number of aliphatic hydroxyl groups excluding tert-OH is 1. The molecule has 0 bridgehead atoms. The van der Waals surface area contributed by atoms with Crippen LogP contribution < -0.4 is 5.32 Å². The second-order valence-electron chi connectivity index (χ2n) is 3.87. The maximum absolute atomic E-state index is 11.7. The first-order valence-electron chi connectivity index (χ1n) is 5.14. The number of halogens is 1. The number of aromatic nitrogens is 1. The summed E-state index contributed by atoms with van der Waals surface area (Å²) < 4.78 is 0.781. The highest BCUT2D eigenvalue weighted by atomic mass is 79.9. The molecule has 0 saturated heterocycles. The van der Waals surface area contributed by atoms with Crippen LogP contribution in [0.5, 0.6) is 0 Å². The van der Waals surface area contributed by atoms with Crippen molar-refractivity contribution < 1.29 is 14.7 Å². The van der Waals surface area contributed by atoms with E-state index >= 15 is 0 Å². The molecule has 90 valence electrons. The second-order valence-corrected chi connectivity index (χ2v) is 4.73. The lowest BCUT2D eigenvalue weighted by Crippen LogP contribution is -2.22. The van der Waals surface area contributed by atoms with Gasteiger partial charge in [0.1, 0.15) is 0 Å². The molecule has 0 unspecified atom stereocenters. The van der Waals surface area contributed by atoms with Crippen molar-refractivity contribution in [2.45, 2.75) is 0 Å². The van der Waals surface area contributed by atoms with Crippen LogP contribution in [0.4, 0.5) is 0 Å². The number of fused-ring (bicyclic) bond motifs is 1. The Balaban J connectivity index is 2.34. The zero-order valence-electron chi connectivity index (χ0n) is 8.95. The van der Waals surface area contributed by atoms with E-state index in [1.54, 1.807) is 6.20 Å². The van der Waals surface area contributed by atoms with Gasteiger partial charge in [0, 0.05) is 27.1 Å². The van der Waals surface area contributed by atoms with Gasteiger partial charge in [-0.3, -0.25) is 14.9 Å². The molecule has 2 heterocycles. The van der Waals surface area contributed by atoms with Gasteiger partial charge in [-0.25, -0.2) is 0 Å². The number of rotatable bonds is 1. The molecule has 1 aromatic heterocycles. The summed E-state index contributed by atoms with van der Waals surface area (Å²) >= 11 is 3.39. The molecule has 2 amide bonds. The standard InChI is InChI=1S/C12H7BrN2O3/c13-6-2-1-3-7-8(6)5(4-14-7)9-10(16)12(18)15-11(9)17/h1-4,14H,(H2,15,16,17,18). The fourth-order valence-corrected chi connectivity index (χ4v) is 2.61. The Hall–Kier alpha value is -2.08. The second kappa shape index (κ2) is 3.71. The van der Waals surface area contributed by atoms with Gasteiger partial charge in [0.2, 0.25) is 0 Å². The van der Waals surface area contributed by atoms with Crippen LogP contribution in [0.25, 0.3) is 16.5 Å². The van der Waals surface area contributed by atoms with Crippen LogP contribution >= 0.6 is 15.9 Å². The Morgan fingerprint density at radius 1 is 1.17 bits per heavy atom. The molecule has 6 heteroatoms. The number of carbonyl (C=O) groups is 2. The van der Waals surface area contributed by atoms with E-state index in [1.165, 1.54) is 0 Å². The normalized spacial score (nSPS) is 15.6. The predicted molar refractivity (Wildman–Crippen MR) is 68.7 cm³/mol. The van der Waals surface area contributed by atoms with E-state index in [0.717, 1.165) is 15.4 Å². The number of carbonyl (C=O) groups excluding carboxylic acids is 2. The van der Waals surface area contributed by atoms with Crippen LogP contribution in [-0.4, -0.2) is 21.9 Å². The van der Waals surface area contributed by atoms with E-state index in [1.807, 2.05) is 18.2 Å². The monoisotopic (exact) mass is 306 g/mol. The van der Waals surface area contributed by atoms with Crippen LogP contribution in [-0.2, 0) is 9.59 Å². The average Bonchev–Trinajstić information content (AvgIpc) is 2.83. The van der Waals surface area contributed by atoms with E-state index in [2.05, 4.69) is 26.2 Å². The van der Waals surface area contributed by atoms with Crippen molar-refractivity contribution >= 4 is 44.2 Å². The van der Waals surface area contributed by atoms with Crippen LogP contribution in [0.15, 0.2) is 34.6 Å².